The Morgan fingerprint density at radius 2 is 1.67 bits per heavy atom. The van der Waals surface area contributed by atoms with Gasteiger partial charge in [0, 0.05) is 12.1 Å². The van der Waals surface area contributed by atoms with Crippen LogP contribution in [0.1, 0.15) is 29.8 Å². The second-order valence-electron chi connectivity index (χ2n) is 5.52. The number of nitrogens with one attached hydrogen (secondary N) is 1. The van der Waals surface area contributed by atoms with Crippen LogP contribution in [0.25, 0.3) is 0 Å². The SMILES string of the molecule is CCOc1ccc(CNC(=O)c2cc(Cl)c(OCC)c(OC)c2)cc1OC. The quantitative estimate of drug-likeness (QED) is 0.695. The number of hydrogen-bond donors (Lipinski definition) is 1. The van der Waals surface area contributed by atoms with Crippen LogP contribution in [0.5, 0.6) is 23.0 Å². The van der Waals surface area contributed by atoms with E-state index < -0.39 is 0 Å². The minimum absolute atomic E-state index is 0.272. The zero-order valence-electron chi connectivity index (χ0n) is 15.9. The van der Waals surface area contributed by atoms with E-state index in [1.165, 1.54) is 7.11 Å². The molecule has 0 spiro atoms. The molecule has 7 heteroatoms. The molecule has 0 saturated heterocycles. The van der Waals surface area contributed by atoms with Crippen LogP contribution in [0.4, 0.5) is 0 Å². The van der Waals surface area contributed by atoms with E-state index in [1.54, 1.807) is 19.2 Å². The lowest BCUT2D eigenvalue weighted by Crippen LogP contribution is -2.23. The van der Waals surface area contributed by atoms with Crippen LogP contribution >= 0.6 is 11.6 Å². The molecule has 0 unspecified atom stereocenters. The van der Waals surface area contributed by atoms with Gasteiger partial charge in [0.1, 0.15) is 0 Å². The molecule has 0 heterocycles. The highest BCUT2D eigenvalue weighted by atomic mass is 35.5. The number of carbonyl (C=O) groups excluding carboxylic acids is 1. The van der Waals surface area contributed by atoms with E-state index in [0.717, 1.165) is 5.56 Å². The minimum Gasteiger partial charge on any atom is -0.493 e. The van der Waals surface area contributed by atoms with E-state index in [1.807, 2.05) is 32.0 Å². The fourth-order valence-electron chi connectivity index (χ4n) is 2.52. The molecule has 27 heavy (non-hydrogen) atoms. The summed E-state index contributed by atoms with van der Waals surface area (Å²) < 4.78 is 21.6. The molecule has 2 aromatic rings. The van der Waals surface area contributed by atoms with Gasteiger partial charge in [0.2, 0.25) is 0 Å². The third kappa shape index (κ3) is 5.20. The molecule has 0 fully saturated rings. The van der Waals surface area contributed by atoms with Crippen molar-refractivity contribution in [2.75, 3.05) is 27.4 Å². The molecule has 2 aromatic carbocycles. The normalized spacial score (nSPS) is 10.3. The van der Waals surface area contributed by atoms with Gasteiger partial charge in [0.05, 0.1) is 32.5 Å². The maximum atomic E-state index is 12.5. The molecule has 146 valence electrons. The van der Waals surface area contributed by atoms with Crippen molar-refractivity contribution in [2.24, 2.45) is 0 Å². The van der Waals surface area contributed by atoms with Crippen LogP contribution < -0.4 is 24.3 Å². The van der Waals surface area contributed by atoms with Gasteiger partial charge in [-0.1, -0.05) is 17.7 Å². The minimum atomic E-state index is -0.272. The van der Waals surface area contributed by atoms with Gasteiger partial charge in [0.25, 0.3) is 5.91 Å². The fraction of sp³-hybridized carbons (Fsp3) is 0.350. The van der Waals surface area contributed by atoms with Crippen molar-refractivity contribution in [3.05, 3.63) is 46.5 Å². The van der Waals surface area contributed by atoms with Gasteiger partial charge < -0.3 is 24.3 Å². The van der Waals surface area contributed by atoms with Crippen molar-refractivity contribution in [3.8, 4) is 23.0 Å². The monoisotopic (exact) mass is 393 g/mol. The van der Waals surface area contributed by atoms with Crippen LogP contribution in [0.3, 0.4) is 0 Å². The Bertz CT molecular complexity index is 794. The zero-order chi connectivity index (χ0) is 19.8. The van der Waals surface area contributed by atoms with Crippen LogP contribution in [0, 0.1) is 0 Å². The summed E-state index contributed by atoms with van der Waals surface area (Å²) >= 11 is 6.22. The number of rotatable bonds is 9. The van der Waals surface area contributed by atoms with Gasteiger partial charge in [-0.25, -0.2) is 0 Å². The molecule has 0 aliphatic rings. The first kappa shape index (κ1) is 20.7. The molecular formula is C20H24ClNO5. The van der Waals surface area contributed by atoms with Crippen LogP contribution in [0.15, 0.2) is 30.3 Å². The van der Waals surface area contributed by atoms with E-state index in [-0.39, 0.29) is 5.91 Å². The van der Waals surface area contributed by atoms with Gasteiger partial charge in [-0.15, -0.1) is 0 Å². The van der Waals surface area contributed by atoms with Crippen molar-refractivity contribution in [3.63, 3.8) is 0 Å². The van der Waals surface area contributed by atoms with E-state index in [2.05, 4.69) is 5.32 Å². The second kappa shape index (κ2) is 9.92. The maximum absolute atomic E-state index is 12.5. The van der Waals surface area contributed by atoms with Crippen molar-refractivity contribution < 1.29 is 23.7 Å². The second-order valence-corrected chi connectivity index (χ2v) is 5.93. The maximum Gasteiger partial charge on any atom is 0.251 e. The molecule has 2 rings (SSSR count). The topological polar surface area (TPSA) is 66.0 Å². The number of benzene rings is 2. The Morgan fingerprint density at radius 3 is 2.30 bits per heavy atom. The summed E-state index contributed by atoms with van der Waals surface area (Å²) in [6.45, 7) is 5.08. The summed E-state index contributed by atoms with van der Waals surface area (Å²) in [7, 11) is 3.08. The summed E-state index contributed by atoms with van der Waals surface area (Å²) in [4.78, 5) is 12.5. The number of carbonyl (C=O) groups is 1. The molecule has 1 amide bonds. The fourth-order valence-corrected chi connectivity index (χ4v) is 2.78. The zero-order valence-corrected chi connectivity index (χ0v) is 16.7. The predicted molar refractivity (Wildman–Crippen MR) is 105 cm³/mol. The average molecular weight is 394 g/mol. The molecule has 0 saturated carbocycles. The van der Waals surface area contributed by atoms with Crippen LogP contribution in [-0.4, -0.2) is 33.3 Å². The molecule has 6 nitrogen and oxygen atoms in total. The van der Waals surface area contributed by atoms with Crippen LogP contribution in [0.2, 0.25) is 5.02 Å². The van der Waals surface area contributed by atoms with Gasteiger partial charge in [-0.2, -0.15) is 0 Å². The lowest BCUT2D eigenvalue weighted by molar-refractivity contribution is 0.0950. The number of ether oxygens (including phenoxy) is 4. The molecule has 1 N–H and O–H groups in total. The molecule has 0 aliphatic heterocycles. The standard InChI is InChI=1S/C20H24ClNO5/c1-5-26-16-8-7-13(9-17(16)24-3)12-22-20(23)14-10-15(21)19(27-6-2)18(11-14)25-4/h7-11H,5-6,12H2,1-4H3,(H,22,23). The molecule has 0 radical (unpaired) electrons. The van der Waals surface area contributed by atoms with E-state index in [0.29, 0.717) is 53.3 Å². The molecule has 0 aliphatic carbocycles. The van der Waals surface area contributed by atoms with E-state index >= 15 is 0 Å². The summed E-state index contributed by atoms with van der Waals surface area (Å²) in [5.41, 5.74) is 1.27. The highest BCUT2D eigenvalue weighted by Crippen LogP contribution is 2.36. The van der Waals surface area contributed by atoms with Crippen molar-refractivity contribution >= 4 is 17.5 Å². The summed E-state index contributed by atoms with van der Waals surface area (Å²) in [6, 6.07) is 8.69. The number of hydrogen-bond acceptors (Lipinski definition) is 5. The number of methoxy groups -OCH3 is 2. The van der Waals surface area contributed by atoms with Gasteiger partial charge in [0.15, 0.2) is 23.0 Å². The summed E-state index contributed by atoms with van der Waals surface area (Å²) in [5, 5.41) is 3.18. The number of halogens is 1. The average Bonchev–Trinajstić information content (AvgIpc) is 2.68. The predicted octanol–water partition coefficient (Wildman–Crippen LogP) is 4.08. The van der Waals surface area contributed by atoms with E-state index in [9.17, 15) is 4.79 Å². The number of amides is 1. The van der Waals surface area contributed by atoms with Crippen molar-refractivity contribution in [1.82, 2.24) is 5.32 Å². The first-order valence-electron chi connectivity index (χ1n) is 8.62. The van der Waals surface area contributed by atoms with Crippen molar-refractivity contribution in [1.29, 1.82) is 0 Å². The Hall–Kier alpha value is -2.60. The smallest absolute Gasteiger partial charge is 0.251 e. The third-order valence-electron chi connectivity index (χ3n) is 3.76. The van der Waals surface area contributed by atoms with Crippen LogP contribution in [-0.2, 0) is 6.54 Å². The molecular weight excluding hydrogens is 370 g/mol. The third-order valence-corrected chi connectivity index (χ3v) is 4.04. The lowest BCUT2D eigenvalue weighted by Gasteiger charge is -2.14. The first-order chi connectivity index (χ1) is 13.0. The Balaban J connectivity index is 2.13. The Kier molecular flexibility index (Phi) is 7.61. The molecule has 0 bridgehead atoms. The highest BCUT2D eigenvalue weighted by Gasteiger charge is 2.16. The summed E-state index contributed by atoms with van der Waals surface area (Å²) in [5.74, 6) is 1.85. The molecule has 0 atom stereocenters. The van der Waals surface area contributed by atoms with Crippen molar-refractivity contribution in [2.45, 2.75) is 20.4 Å². The first-order valence-corrected chi connectivity index (χ1v) is 9.00. The van der Waals surface area contributed by atoms with Gasteiger partial charge >= 0.3 is 0 Å². The Morgan fingerprint density at radius 1 is 0.963 bits per heavy atom. The van der Waals surface area contributed by atoms with E-state index in [4.69, 9.17) is 30.5 Å². The summed E-state index contributed by atoms with van der Waals surface area (Å²) in [6.07, 6.45) is 0. The van der Waals surface area contributed by atoms with Gasteiger partial charge in [-0.3, -0.25) is 4.79 Å². The highest BCUT2D eigenvalue weighted by molar-refractivity contribution is 6.32. The van der Waals surface area contributed by atoms with Gasteiger partial charge in [-0.05, 0) is 43.7 Å². The Labute approximate surface area is 164 Å². The largest absolute Gasteiger partial charge is 0.493 e. The molecule has 0 aromatic heterocycles. The lowest BCUT2D eigenvalue weighted by atomic mass is 10.1.